The zero-order valence-electron chi connectivity index (χ0n) is 11.1. The Bertz CT molecular complexity index is 726. The van der Waals surface area contributed by atoms with Crippen molar-refractivity contribution in [2.75, 3.05) is 5.32 Å². The molecule has 7 heteroatoms. The van der Waals surface area contributed by atoms with Gasteiger partial charge >= 0.3 is 5.97 Å². The monoisotopic (exact) mass is 290 g/mol. The Hall–Kier alpha value is -2.70. The molecule has 2 heterocycles. The van der Waals surface area contributed by atoms with Crippen molar-refractivity contribution in [2.24, 2.45) is 0 Å². The number of fused-ring (bicyclic) bond motifs is 1. The molecular formula is C14H11FN2O4. The summed E-state index contributed by atoms with van der Waals surface area (Å²) in [6.45, 7) is 1.68. The number of aromatic nitrogens is 1. The van der Waals surface area contributed by atoms with Crippen molar-refractivity contribution >= 4 is 17.7 Å². The molecule has 1 aromatic carbocycles. The third-order valence-electron chi connectivity index (χ3n) is 3.11. The first-order chi connectivity index (χ1) is 10.0. The highest BCUT2D eigenvalue weighted by atomic mass is 19.1. The highest BCUT2D eigenvalue weighted by molar-refractivity contribution is 5.99. The van der Waals surface area contributed by atoms with Crippen molar-refractivity contribution < 1.29 is 23.2 Å². The number of hydrogen-bond acceptors (Lipinski definition) is 5. The van der Waals surface area contributed by atoms with Crippen LogP contribution in [-0.2, 0) is 16.0 Å². The summed E-state index contributed by atoms with van der Waals surface area (Å²) >= 11 is 0. The number of rotatable bonds is 2. The minimum Gasteiger partial charge on any atom is -0.448 e. The van der Waals surface area contributed by atoms with Gasteiger partial charge in [-0.2, -0.15) is 0 Å². The summed E-state index contributed by atoms with van der Waals surface area (Å²) in [6, 6.07) is 5.30. The van der Waals surface area contributed by atoms with Gasteiger partial charge in [-0.25, -0.2) is 9.18 Å². The van der Waals surface area contributed by atoms with E-state index in [1.54, 1.807) is 6.92 Å². The summed E-state index contributed by atoms with van der Waals surface area (Å²) in [5, 5.41) is 6.10. The Morgan fingerprint density at radius 2 is 2.24 bits per heavy atom. The van der Waals surface area contributed by atoms with Crippen LogP contribution in [0.3, 0.4) is 0 Å². The van der Waals surface area contributed by atoms with E-state index in [0.29, 0.717) is 11.3 Å². The van der Waals surface area contributed by atoms with Gasteiger partial charge in [0.1, 0.15) is 11.6 Å². The van der Waals surface area contributed by atoms with Crippen LogP contribution in [0, 0.1) is 12.7 Å². The Morgan fingerprint density at radius 3 is 2.95 bits per heavy atom. The van der Waals surface area contributed by atoms with Crippen LogP contribution in [0.4, 0.5) is 10.2 Å². The molecule has 1 amide bonds. The van der Waals surface area contributed by atoms with E-state index in [1.165, 1.54) is 24.3 Å². The predicted molar refractivity (Wildman–Crippen MR) is 69.2 cm³/mol. The number of cyclic esters (lactones) is 1. The lowest BCUT2D eigenvalue weighted by atomic mass is 9.98. The Balaban J connectivity index is 1.78. The SMILES string of the molecule is Cc1cc(NC(=O)C2Cc3cc(F)ccc3C(=O)O2)no1. The van der Waals surface area contributed by atoms with E-state index >= 15 is 0 Å². The molecule has 21 heavy (non-hydrogen) atoms. The van der Waals surface area contributed by atoms with E-state index in [-0.39, 0.29) is 17.8 Å². The predicted octanol–water partition coefficient (Wildman–Crippen LogP) is 1.84. The summed E-state index contributed by atoms with van der Waals surface area (Å²) in [6.07, 6.45) is -0.912. The first kappa shape index (κ1) is 13.3. The molecule has 108 valence electrons. The molecule has 1 aromatic heterocycles. The zero-order valence-corrected chi connectivity index (χ0v) is 11.1. The average Bonchev–Trinajstić information content (AvgIpc) is 2.83. The highest BCUT2D eigenvalue weighted by Gasteiger charge is 2.31. The third-order valence-corrected chi connectivity index (χ3v) is 3.11. The standard InChI is InChI=1S/C14H11FN2O4/c1-7-4-12(17-21-7)16-13(18)11-6-8-5-9(15)2-3-10(8)14(19)20-11/h2-5,11H,6H2,1H3,(H,16,17,18). The normalized spacial score (nSPS) is 17.0. The second-order valence-corrected chi connectivity index (χ2v) is 4.71. The minimum atomic E-state index is -1.02. The molecule has 0 aliphatic carbocycles. The summed E-state index contributed by atoms with van der Waals surface area (Å²) < 4.78 is 23.1. The van der Waals surface area contributed by atoms with Crippen LogP contribution in [0.15, 0.2) is 28.8 Å². The molecule has 0 fully saturated rings. The lowest BCUT2D eigenvalue weighted by Gasteiger charge is -2.23. The topological polar surface area (TPSA) is 81.4 Å². The van der Waals surface area contributed by atoms with Crippen molar-refractivity contribution in [1.82, 2.24) is 5.16 Å². The maximum Gasteiger partial charge on any atom is 0.339 e. The van der Waals surface area contributed by atoms with E-state index < -0.39 is 23.8 Å². The number of hydrogen-bond donors (Lipinski definition) is 1. The zero-order chi connectivity index (χ0) is 15.0. The fourth-order valence-corrected chi connectivity index (χ4v) is 2.14. The lowest BCUT2D eigenvalue weighted by Crippen LogP contribution is -2.38. The van der Waals surface area contributed by atoms with Crippen LogP contribution < -0.4 is 5.32 Å². The van der Waals surface area contributed by atoms with Crippen molar-refractivity contribution in [1.29, 1.82) is 0 Å². The Morgan fingerprint density at radius 1 is 1.43 bits per heavy atom. The number of esters is 1. The summed E-state index contributed by atoms with van der Waals surface area (Å²) in [7, 11) is 0. The molecule has 0 spiro atoms. The van der Waals surface area contributed by atoms with Gasteiger partial charge in [0, 0.05) is 12.5 Å². The number of carbonyl (C=O) groups excluding carboxylic acids is 2. The number of aryl methyl sites for hydroxylation is 1. The quantitative estimate of drug-likeness (QED) is 0.853. The molecule has 0 saturated heterocycles. The molecule has 2 aromatic rings. The molecule has 6 nitrogen and oxygen atoms in total. The Labute approximate surface area is 118 Å². The fourth-order valence-electron chi connectivity index (χ4n) is 2.14. The van der Waals surface area contributed by atoms with E-state index in [0.717, 1.165) is 0 Å². The van der Waals surface area contributed by atoms with Crippen molar-refractivity contribution in [3.63, 3.8) is 0 Å². The molecule has 1 atom stereocenters. The number of ether oxygens (including phenoxy) is 1. The van der Waals surface area contributed by atoms with Crippen LogP contribution in [0.2, 0.25) is 0 Å². The molecule has 1 aliphatic heterocycles. The number of amides is 1. The largest absolute Gasteiger partial charge is 0.448 e. The number of carbonyl (C=O) groups is 2. The molecule has 1 aliphatic rings. The van der Waals surface area contributed by atoms with Crippen molar-refractivity contribution in [3.05, 3.63) is 47.0 Å². The van der Waals surface area contributed by atoms with Gasteiger partial charge in [-0.15, -0.1) is 0 Å². The van der Waals surface area contributed by atoms with Gasteiger partial charge in [0.25, 0.3) is 5.91 Å². The van der Waals surface area contributed by atoms with Crippen LogP contribution >= 0.6 is 0 Å². The maximum absolute atomic E-state index is 13.2. The van der Waals surface area contributed by atoms with Gasteiger partial charge in [0.15, 0.2) is 11.9 Å². The molecule has 3 rings (SSSR count). The minimum absolute atomic E-state index is 0.113. The van der Waals surface area contributed by atoms with E-state index in [2.05, 4.69) is 10.5 Å². The molecule has 0 radical (unpaired) electrons. The third kappa shape index (κ3) is 2.62. The van der Waals surface area contributed by atoms with E-state index in [1.807, 2.05) is 0 Å². The van der Waals surface area contributed by atoms with Crippen LogP contribution in [-0.4, -0.2) is 23.1 Å². The molecule has 0 saturated carbocycles. The van der Waals surface area contributed by atoms with Gasteiger partial charge in [-0.05, 0) is 30.7 Å². The van der Waals surface area contributed by atoms with Crippen LogP contribution in [0.1, 0.15) is 21.7 Å². The van der Waals surface area contributed by atoms with Gasteiger partial charge in [0.05, 0.1) is 5.56 Å². The van der Waals surface area contributed by atoms with E-state index in [4.69, 9.17) is 9.26 Å². The first-order valence-corrected chi connectivity index (χ1v) is 6.26. The summed E-state index contributed by atoms with van der Waals surface area (Å²) in [5.41, 5.74) is 0.723. The summed E-state index contributed by atoms with van der Waals surface area (Å²) in [4.78, 5) is 23.9. The number of nitrogens with one attached hydrogen (secondary N) is 1. The van der Waals surface area contributed by atoms with Gasteiger partial charge < -0.3 is 14.6 Å². The second-order valence-electron chi connectivity index (χ2n) is 4.71. The molecule has 1 unspecified atom stereocenters. The highest BCUT2D eigenvalue weighted by Crippen LogP contribution is 2.22. The van der Waals surface area contributed by atoms with E-state index in [9.17, 15) is 14.0 Å². The Kier molecular flexibility index (Phi) is 3.17. The average molecular weight is 290 g/mol. The number of nitrogens with zero attached hydrogens (tertiary/aromatic N) is 1. The van der Waals surface area contributed by atoms with Crippen LogP contribution in [0.25, 0.3) is 0 Å². The maximum atomic E-state index is 13.2. The van der Waals surface area contributed by atoms with Gasteiger partial charge in [-0.3, -0.25) is 4.79 Å². The lowest BCUT2D eigenvalue weighted by molar-refractivity contribution is -0.125. The smallest absolute Gasteiger partial charge is 0.339 e. The number of anilines is 1. The molecule has 0 bridgehead atoms. The first-order valence-electron chi connectivity index (χ1n) is 6.26. The number of halogens is 1. The fraction of sp³-hybridized carbons (Fsp3) is 0.214. The molecule has 1 N–H and O–H groups in total. The summed E-state index contributed by atoms with van der Waals surface area (Å²) in [5.74, 6) is -0.869. The van der Waals surface area contributed by atoms with Crippen molar-refractivity contribution in [2.45, 2.75) is 19.4 Å². The second kappa shape index (κ2) is 5.01. The molecular weight excluding hydrogens is 279 g/mol. The van der Waals surface area contributed by atoms with Gasteiger partial charge in [-0.1, -0.05) is 5.16 Å². The van der Waals surface area contributed by atoms with Crippen LogP contribution in [0.5, 0.6) is 0 Å². The number of benzene rings is 1. The van der Waals surface area contributed by atoms with Gasteiger partial charge in [0.2, 0.25) is 0 Å². The van der Waals surface area contributed by atoms with Crippen molar-refractivity contribution in [3.8, 4) is 0 Å².